The van der Waals surface area contributed by atoms with Crippen molar-refractivity contribution in [3.8, 4) is 11.5 Å². The van der Waals surface area contributed by atoms with Gasteiger partial charge >= 0.3 is 5.97 Å². The van der Waals surface area contributed by atoms with Crippen molar-refractivity contribution >= 4 is 17.6 Å². The fourth-order valence-corrected chi connectivity index (χ4v) is 1.68. The molecule has 1 aromatic carbocycles. The van der Waals surface area contributed by atoms with Gasteiger partial charge in [0.1, 0.15) is 6.10 Å². The van der Waals surface area contributed by atoms with Gasteiger partial charge in [0, 0.05) is 6.92 Å². The molecule has 0 radical (unpaired) electrons. The summed E-state index contributed by atoms with van der Waals surface area (Å²) in [4.78, 5) is 10.9. The highest BCUT2D eigenvalue weighted by molar-refractivity contribution is 6.18. The van der Waals surface area contributed by atoms with Gasteiger partial charge < -0.3 is 14.2 Å². The van der Waals surface area contributed by atoms with Gasteiger partial charge in [0.25, 0.3) is 0 Å². The Kier molecular flexibility index (Phi) is 5.10. The van der Waals surface area contributed by atoms with Crippen LogP contribution in [0.4, 0.5) is 0 Å². The van der Waals surface area contributed by atoms with Gasteiger partial charge in [0.15, 0.2) is 11.5 Å². The van der Waals surface area contributed by atoms with Crippen molar-refractivity contribution in [2.24, 2.45) is 0 Å². The first-order chi connectivity index (χ1) is 8.12. The first-order valence-corrected chi connectivity index (χ1v) is 5.61. The van der Waals surface area contributed by atoms with Crippen LogP contribution in [0.2, 0.25) is 0 Å². The molecule has 0 N–H and O–H groups in total. The lowest BCUT2D eigenvalue weighted by Crippen LogP contribution is -2.10. The van der Waals surface area contributed by atoms with E-state index in [0.29, 0.717) is 11.5 Å². The highest BCUT2D eigenvalue weighted by Crippen LogP contribution is 2.31. The van der Waals surface area contributed by atoms with Crippen LogP contribution >= 0.6 is 11.6 Å². The van der Waals surface area contributed by atoms with Gasteiger partial charge in [0.2, 0.25) is 0 Å². The number of hydrogen-bond acceptors (Lipinski definition) is 4. The van der Waals surface area contributed by atoms with Crippen LogP contribution in [0.25, 0.3) is 0 Å². The summed E-state index contributed by atoms with van der Waals surface area (Å²) < 4.78 is 15.4. The normalized spacial score (nSPS) is 11.8. The Hall–Kier alpha value is -1.42. The first-order valence-electron chi connectivity index (χ1n) is 5.07. The number of ether oxygens (including phenoxy) is 3. The highest BCUT2D eigenvalue weighted by Gasteiger charge is 2.16. The summed E-state index contributed by atoms with van der Waals surface area (Å²) in [6.07, 6.45) is -0.478. The zero-order valence-electron chi connectivity index (χ0n) is 10.0. The van der Waals surface area contributed by atoms with E-state index in [9.17, 15) is 4.79 Å². The van der Waals surface area contributed by atoms with Crippen molar-refractivity contribution in [2.45, 2.75) is 13.0 Å². The van der Waals surface area contributed by atoms with E-state index in [0.717, 1.165) is 5.56 Å². The standard InChI is InChI=1S/C12H15ClO4/c1-8(14)17-12(7-13)9-4-5-10(15-2)11(6-9)16-3/h4-6,12H,7H2,1-3H3/t12-/m1/s1. The second-order valence-corrected chi connectivity index (χ2v) is 3.68. The Labute approximate surface area is 105 Å². The van der Waals surface area contributed by atoms with Crippen LogP contribution in [0.5, 0.6) is 11.5 Å². The molecule has 1 aromatic rings. The van der Waals surface area contributed by atoms with Crippen molar-refractivity contribution in [3.63, 3.8) is 0 Å². The van der Waals surface area contributed by atoms with Crippen LogP contribution in [-0.2, 0) is 9.53 Å². The molecule has 0 amide bonds. The Morgan fingerprint density at radius 3 is 2.41 bits per heavy atom. The maximum absolute atomic E-state index is 10.9. The molecular formula is C12H15ClO4. The number of carbonyl (C=O) groups excluding carboxylic acids is 1. The summed E-state index contributed by atoms with van der Waals surface area (Å²) in [6.45, 7) is 1.35. The fourth-order valence-electron chi connectivity index (χ4n) is 1.44. The molecule has 5 heteroatoms. The van der Waals surface area contributed by atoms with Crippen molar-refractivity contribution in [3.05, 3.63) is 23.8 Å². The van der Waals surface area contributed by atoms with E-state index in [1.54, 1.807) is 32.4 Å². The first kappa shape index (κ1) is 13.6. The molecule has 1 atom stereocenters. The number of benzene rings is 1. The van der Waals surface area contributed by atoms with Crippen molar-refractivity contribution in [1.82, 2.24) is 0 Å². The minimum atomic E-state index is -0.478. The molecule has 0 unspecified atom stereocenters. The van der Waals surface area contributed by atoms with Crippen molar-refractivity contribution in [2.75, 3.05) is 20.1 Å². The maximum atomic E-state index is 10.9. The van der Waals surface area contributed by atoms with Gasteiger partial charge in [-0.2, -0.15) is 0 Å². The molecule has 1 rings (SSSR count). The van der Waals surface area contributed by atoms with E-state index in [1.807, 2.05) is 0 Å². The van der Waals surface area contributed by atoms with Gasteiger partial charge in [-0.05, 0) is 17.7 Å². The zero-order valence-corrected chi connectivity index (χ0v) is 10.8. The average molecular weight is 259 g/mol. The van der Waals surface area contributed by atoms with Crippen LogP contribution in [-0.4, -0.2) is 26.1 Å². The molecule has 4 nitrogen and oxygen atoms in total. The van der Waals surface area contributed by atoms with E-state index < -0.39 is 6.10 Å². The quantitative estimate of drug-likeness (QED) is 0.601. The largest absolute Gasteiger partial charge is 0.493 e. The number of carbonyl (C=O) groups is 1. The summed E-state index contributed by atoms with van der Waals surface area (Å²) in [5.74, 6) is 1.01. The smallest absolute Gasteiger partial charge is 0.303 e. The minimum absolute atomic E-state index is 0.190. The molecule has 0 heterocycles. The third-order valence-corrected chi connectivity index (χ3v) is 2.51. The van der Waals surface area contributed by atoms with E-state index in [2.05, 4.69) is 0 Å². The monoisotopic (exact) mass is 258 g/mol. The predicted octanol–water partition coefficient (Wildman–Crippen LogP) is 2.55. The molecule has 94 valence electrons. The molecule has 0 aliphatic rings. The summed E-state index contributed by atoms with van der Waals surface area (Å²) in [5, 5.41) is 0. The molecule has 0 aliphatic carbocycles. The maximum Gasteiger partial charge on any atom is 0.303 e. The lowest BCUT2D eigenvalue weighted by atomic mass is 10.1. The van der Waals surface area contributed by atoms with E-state index in [1.165, 1.54) is 6.92 Å². The number of halogens is 1. The summed E-state index contributed by atoms with van der Waals surface area (Å²) in [6, 6.07) is 5.28. The summed E-state index contributed by atoms with van der Waals surface area (Å²) in [5.41, 5.74) is 0.771. The van der Waals surface area contributed by atoms with Crippen molar-refractivity contribution < 1.29 is 19.0 Å². The Bertz CT molecular complexity index is 392. The number of methoxy groups -OCH3 is 2. The summed E-state index contributed by atoms with van der Waals surface area (Å²) in [7, 11) is 3.10. The molecule has 0 aromatic heterocycles. The molecule has 0 spiro atoms. The molecule has 17 heavy (non-hydrogen) atoms. The zero-order chi connectivity index (χ0) is 12.8. The minimum Gasteiger partial charge on any atom is -0.493 e. The van der Waals surface area contributed by atoms with E-state index in [4.69, 9.17) is 25.8 Å². The molecule has 0 saturated carbocycles. The number of esters is 1. The second-order valence-electron chi connectivity index (χ2n) is 3.37. The fraction of sp³-hybridized carbons (Fsp3) is 0.417. The Morgan fingerprint density at radius 2 is 1.94 bits per heavy atom. The van der Waals surface area contributed by atoms with Crippen LogP contribution in [0, 0.1) is 0 Å². The third-order valence-electron chi connectivity index (χ3n) is 2.23. The van der Waals surface area contributed by atoms with Crippen molar-refractivity contribution in [1.29, 1.82) is 0 Å². The molecular weight excluding hydrogens is 244 g/mol. The average Bonchev–Trinajstić information content (AvgIpc) is 2.34. The van der Waals surface area contributed by atoms with Crippen LogP contribution in [0.15, 0.2) is 18.2 Å². The highest BCUT2D eigenvalue weighted by atomic mass is 35.5. The van der Waals surface area contributed by atoms with Crippen LogP contribution < -0.4 is 9.47 Å². The topological polar surface area (TPSA) is 44.8 Å². The number of alkyl halides is 1. The number of rotatable bonds is 5. The van der Waals surface area contributed by atoms with Gasteiger partial charge in [-0.25, -0.2) is 0 Å². The van der Waals surface area contributed by atoms with Gasteiger partial charge in [-0.3, -0.25) is 4.79 Å². The molecule has 0 aliphatic heterocycles. The van der Waals surface area contributed by atoms with Gasteiger partial charge in [-0.15, -0.1) is 11.6 Å². The number of hydrogen-bond donors (Lipinski definition) is 0. The SMILES string of the molecule is COc1ccc([C@@H](CCl)OC(C)=O)cc1OC. The van der Waals surface area contributed by atoms with Gasteiger partial charge in [-0.1, -0.05) is 6.07 Å². The second kappa shape index (κ2) is 6.35. The van der Waals surface area contributed by atoms with Gasteiger partial charge in [0.05, 0.1) is 20.1 Å². The van der Waals surface area contributed by atoms with Crippen LogP contribution in [0.3, 0.4) is 0 Å². The molecule has 0 saturated heterocycles. The van der Waals surface area contributed by atoms with E-state index in [-0.39, 0.29) is 11.8 Å². The Morgan fingerprint density at radius 1 is 1.29 bits per heavy atom. The lowest BCUT2D eigenvalue weighted by Gasteiger charge is -2.16. The predicted molar refractivity (Wildman–Crippen MR) is 64.8 cm³/mol. The third kappa shape index (κ3) is 3.53. The van der Waals surface area contributed by atoms with Crippen LogP contribution in [0.1, 0.15) is 18.6 Å². The molecule has 0 bridgehead atoms. The molecule has 0 fully saturated rings. The lowest BCUT2D eigenvalue weighted by molar-refractivity contribution is -0.145. The summed E-state index contributed by atoms with van der Waals surface area (Å²) >= 11 is 5.77. The van der Waals surface area contributed by atoms with E-state index >= 15 is 0 Å². The Balaban J connectivity index is 3.00.